The molecular weight excluding hydrogens is 398 g/mol. The van der Waals surface area contributed by atoms with Crippen LogP contribution in [0.5, 0.6) is 0 Å². The quantitative estimate of drug-likeness (QED) is 0.555. The van der Waals surface area contributed by atoms with Crippen molar-refractivity contribution in [3.63, 3.8) is 0 Å². The molecule has 2 aromatic rings. The predicted octanol–water partition coefficient (Wildman–Crippen LogP) is 4.11. The zero-order chi connectivity index (χ0) is 21.7. The Morgan fingerprint density at radius 3 is 2.90 bits per heavy atom. The second kappa shape index (κ2) is 9.77. The van der Waals surface area contributed by atoms with Gasteiger partial charge in [0.25, 0.3) is 0 Å². The zero-order valence-electron chi connectivity index (χ0n) is 17.4. The molecule has 3 rings (SSSR count). The molecule has 0 saturated carbocycles. The van der Waals surface area contributed by atoms with E-state index >= 15 is 0 Å². The van der Waals surface area contributed by atoms with Gasteiger partial charge in [0, 0.05) is 0 Å². The van der Waals surface area contributed by atoms with Crippen molar-refractivity contribution in [2.75, 3.05) is 6.61 Å². The first-order valence-electron chi connectivity index (χ1n) is 10.1. The van der Waals surface area contributed by atoms with E-state index in [0.717, 1.165) is 19.3 Å². The van der Waals surface area contributed by atoms with Gasteiger partial charge in [-0.25, -0.2) is 9.78 Å². The molecule has 1 aliphatic rings. The Labute approximate surface area is 181 Å². The van der Waals surface area contributed by atoms with Crippen LogP contribution in [0.1, 0.15) is 65.5 Å². The number of nitrogens with zero attached hydrogens (tertiary/aromatic N) is 2. The monoisotopic (exact) mass is 423 g/mol. The van der Waals surface area contributed by atoms with Crippen LogP contribution in [0.2, 0.25) is 0 Å². The first-order chi connectivity index (χ1) is 14.4. The summed E-state index contributed by atoms with van der Waals surface area (Å²) in [6.45, 7) is 5.46. The molecule has 30 heavy (non-hydrogen) atoms. The first kappa shape index (κ1) is 21.8. The normalized spacial score (nSPS) is 16.1. The molecular formula is C23H25N3O3S. The van der Waals surface area contributed by atoms with Gasteiger partial charge in [-0.2, -0.15) is 5.26 Å². The van der Waals surface area contributed by atoms with Gasteiger partial charge in [-0.05, 0) is 57.2 Å². The first-order valence-corrected chi connectivity index (χ1v) is 11.0. The van der Waals surface area contributed by atoms with E-state index in [1.165, 1.54) is 29.0 Å². The molecule has 6 nitrogen and oxygen atoms in total. The molecule has 1 aromatic heterocycles. The minimum absolute atomic E-state index is 0.00169. The van der Waals surface area contributed by atoms with E-state index < -0.39 is 11.2 Å². The summed E-state index contributed by atoms with van der Waals surface area (Å²) < 4.78 is 5.02. The molecule has 1 heterocycles. The van der Waals surface area contributed by atoms with Crippen LogP contribution < -0.4 is 5.32 Å². The number of rotatable bonds is 6. The largest absolute Gasteiger partial charge is 0.462 e. The number of nitriles is 1. The summed E-state index contributed by atoms with van der Waals surface area (Å²) in [4.78, 5) is 29.3. The molecule has 0 fully saturated rings. The van der Waals surface area contributed by atoms with Crippen molar-refractivity contribution in [3.8, 4) is 6.07 Å². The Hall–Kier alpha value is -2.85. The van der Waals surface area contributed by atoms with Gasteiger partial charge in [0.1, 0.15) is 11.1 Å². The second-order valence-electron chi connectivity index (χ2n) is 7.22. The predicted molar refractivity (Wildman–Crippen MR) is 115 cm³/mol. The molecule has 156 valence electrons. The number of benzene rings is 1. The molecule has 1 aliphatic carbocycles. The SMILES string of the molecule is CCOC(=O)c1cc(C#N)c(S[C@@H](C)C(=O)N[C@@H]2CCCc3ccccc32)nc1C. The van der Waals surface area contributed by atoms with Crippen LogP contribution in [0.3, 0.4) is 0 Å². The van der Waals surface area contributed by atoms with E-state index in [1.807, 2.05) is 12.1 Å². The molecule has 1 N–H and O–H groups in total. The topological polar surface area (TPSA) is 92.1 Å². The molecule has 0 bridgehead atoms. The Morgan fingerprint density at radius 2 is 2.17 bits per heavy atom. The van der Waals surface area contributed by atoms with Crippen LogP contribution in [-0.4, -0.2) is 28.7 Å². The summed E-state index contributed by atoms with van der Waals surface area (Å²) in [5, 5.41) is 12.7. The molecule has 1 amide bonds. The minimum Gasteiger partial charge on any atom is -0.462 e. The third kappa shape index (κ3) is 4.82. The lowest BCUT2D eigenvalue weighted by Crippen LogP contribution is -2.36. The Balaban J connectivity index is 1.74. The van der Waals surface area contributed by atoms with Gasteiger partial charge in [0.15, 0.2) is 0 Å². The van der Waals surface area contributed by atoms with Crippen molar-refractivity contribution >= 4 is 23.6 Å². The van der Waals surface area contributed by atoms with Crippen LogP contribution in [0, 0.1) is 18.3 Å². The van der Waals surface area contributed by atoms with Crippen molar-refractivity contribution in [2.45, 2.75) is 56.4 Å². The highest BCUT2D eigenvalue weighted by Crippen LogP contribution is 2.31. The van der Waals surface area contributed by atoms with Gasteiger partial charge in [-0.1, -0.05) is 36.0 Å². The van der Waals surface area contributed by atoms with Gasteiger partial charge in [-0.3, -0.25) is 4.79 Å². The lowest BCUT2D eigenvalue weighted by molar-refractivity contribution is -0.121. The molecule has 0 aliphatic heterocycles. The maximum Gasteiger partial charge on any atom is 0.340 e. The molecule has 2 atom stereocenters. The van der Waals surface area contributed by atoms with Crippen molar-refractivity contribution in [1.29, 1.82) is 5.26 Å². The molecule has 0 spiro atoms. The number of nitrogens with one attached hydrogen (secondary N) is 1. The number of ether oxygens (including phenoxy) is 1. The van der Waals surface area contributed by atoms with Gasteiger partial charge < -0.3 is 10.1 Å². The number of thioether (sulfide) groups is 1. The fraction of sp³-hybridized carbons (Fsp3) is 0.391. The number of esters is 1. The fourth-order valence-electron chi connectivity index (χ4n) is 3.58. The van der Waals surface area contributed by atoms with Crippen LogP contribution >= 0.6 is 11.8 Å². The number of carbonyl (C=O) groups excluding carboxylic acids is 2. The number of fused-ring (bicyclic) bond motifs is 1. The second-order valence-corrected chi connectivity index (χ2v) is 8.55. The van der Waals surface area contributed by atoms with Crippen LogP contribution in [0.25, 0.3) is 0 Å². The Morgan fingerprint density at radius 1 is 1.40 bits per heavy atom. The van der Waals surface area contributed by atoms with E-state index in [2.05, 4.69) is 28.5 Å². The smallest absolute Gasteiger partial charge is 0.340 e. The zero-order valence-corrected chi connectivity index (χ0v) is 18.2. The number of hydrogen-bond donors (Lipinski definition) is 1. The van der Waals surface area contributed by atoms with Crippen molar-refractivity contribution in [2.24, 2.45) is 0 Å². The number of hydrogen-bond acceptors (Lipinski definition) is 6. The molecule has 7 heteroatoms. The third-order valence-electron chi connectivity index (χ3n) is 5.14. The fourth-order valence-corrected chi connectivity index (χ4v) is 4.51. The van der Waals surface area contributed by atoms with E-state index in [0.29, 0.717) is 10.7 Å². The number of aromatic nitrogens is 1. The van der Waals surface area contributed by atoms with Gasteiger partial charge in [0.05, 0.1) is 34.7 Å². The van der Waals surface area contributed by atoms with E-state index in [4.69, 9.17) is 4.74 Å². The highest BCUT2D eigenvalue weighted by atomic mass is 32.2. The Kier molecular flexibility index (Phi) is 7.11. The van der Waals surface area contributed by atoms with Crippen LogP contribution in [-0.2, 0) is 16.0 Å². The summed E-state index contributed by atoms with van der Waals surface area (Å²) in [5.41, 5.74) is 3.47. The maximum atomic E-state index is 12.9. The van der Waals surface area contributed by atoms with Gasteiger partial charge >= 0.3 is 5.97 Å². The lowest BCUT2D eigenvalue weighted by Gasteiger charge is -2.27. The third-order valence-corrected chi connectivity index (χ3v) is 6.24. The average molecular weight is 424 g/mol. The number of carbonyl (C=O) groups is 2. The molecule has 0 unspecified atom stereocenters. The molecule has 0 saturated heterocycles. The highest BCUT2D eigenvalue weighted by molar-refractivity contribution is 8.00. The van der Waals surface area contributed by atoms with Crippen LogP contribution in [0.4, 0.5) is 0 Å². The lowest BCUT2D eigenvalue weighted by atomic mass is 9.88. The summed E-state index contributed by atoms with van der Waals surface area (Å²) in [6.07, 6.45) is 2.99. The minimum atomic E-state index is -0.502. The van der Waals surface area contributed by atoms with Crippen molar-refractivity contribution in [1.82, 2.24) is 10.3 Å². The summed E-state index contributed by atoms with van der Waals surface area (Å²) in [7, 11) is 0. The van der Waals surface area contributed by atoms with Crippen LogP contribution in [0.15, 0.2) is 35.4 Å². The number of amides is 1. The summed E-state index contributed by atoms with van der Waals surface area (Å²) >= 11 is 1.22. The van der Waals surface area contributed by atoms with Gasteiger partial charge in [-0.15, -0.1) is 0 Å². The van der Waals surface area contributed by atoms with E-state index in [9.17, 15) is 14.9 Å². The average Bonchev–Trinajstić information content (AvgIpc) is 2.74. The number of pyridine rings is 1. The molecule has 1 aromatic carbocycles. The van der Waals surface area contributed by atoms with Crippen molar-refractivity contribution < 1.29 is 14.3 Å². The summed E-state index contributed by atoms with van der Waals surface area (Å²) in [6, 6.07) is 11.8. The molecule has 0 radical (unpaired) electrons. The highest BCUT2D eigenvalue weighted by Gasteiger charge is 2.25. The summed E-state index contributed by atoms with van der Waals surface area (Å²) in [5.74, 6) is -0.600. The van der Waals surface area contributed by atoms with Gasteiger partial charge in [0.2, 0.25) is 5.91 Å². The van der Waals surface area contributed by atoms with E-state index in [-0.39, 0.29) is 29.7 Å². The van der Waals surface area contributed by atoms with Crippen molar-refractivity contribution in [3.05, 3.63) is 58.3 Å². The maximum absolute atomic E-state index is 12.9. The standard InChI is InChI=1S/C23H25N3O3S/c1-4-29-23(28)19-12-17(13-24)22(25-14(19)2)30-15(3)21(27)26-20-11-7-9-16-8-5-6-10-18(16)20/h5-6,8,10,12,15,20H,4,7,9,11H2,1-3H3,(H,26,27)/t15-,20+/m0/s1. The Bertz CT molecular complexity index is 1000. The number of aryl methyl sites for hydroxylation is 2. The van der Waals surface area contributed by atoms with E-state index in [1.54, 1.807) is 20.8 Å².